The van der Waals surface area contributed by atoms with Gasteiger partial charge >= 0.3 is 0 Å². The van der Waals surface area contributed by atoms with Gasteiger partial charge in [-0.05, 0) is 36.4 Å². The third-order valence-electron chi connectivity index (χ3n) is 6.07. The Morgan fingerprint density at radius 2 is 1.54 bits per heavy atom. The number of hydrogen-bond acceptors (Lipinski definition) is 4. The van der Waals surface area contributed by atoms with Crippen molar-refractivity contribution in [1.82, 2.24) is 14.5 Å². The number of imidazole rings is 1. The van der Waals surface area contributed by atoms with Gasteiger partial charge in [0.25, 0.3) is 0 Å². The van der Waals surface area contributed by atoms with Gasteiger partial charge < -0.3 is 5.11 Å². The summed E-state index contributed by atoms with van der Waals surface area (Å²) < 4.78 is 1.98. The van der Waals surface area contributed by atoms with E-state index in [1.54, 1.807) is 18.3 Å². The number of nitrogens with zero attached hydrogens (tertiary/aromatic N) is 4. The number of benzene rings is 4. The summed E-state index contributed by atoms with van der Waals surface area (Å²) in [6.07, 6.45) is 1.75. The molecule has 4 aromatic carbocycles. The smallest absolute Gasteiger partial charge is 0.148 e. The van der Waals surface area contributed by atoms with Crippen LogP contribution in [-0.2, 0) is 21.1 Å². The van der Waals surface area contributed by atoms with Crippen molar-refractivity contribution in [3.63, 3.8) is 0 Å². The number of phenols is 1. The maximum absolute atomic E-state index is 10.7. The fourth-order valence-electron chi connectivity index (χ4n) is 4.43. The number of aromatic nitrogens is 3. The van der Waals surface area contributed by atoms with Gasteiger partial charge in [0, 0.05) is 44.2 Å². The van der Waals surface area contributed by atoms with Gasteiger partial charge in [-0.2, -0.15) is 5.26 Å². The summed E-state index contributed by atoms with van der Waals surface area (Å²) in [6.45, 7) is 0. The van der Waals surface area contributed by atoms with E-state index >= 15 is 0 Å². The first-order valence-electron chi connectivity index (χ1n) is 11.5. The first-order valence-corrected chi connectivity index (χ1v) is 11.5. The minimum Gasteiger partial charge on any atom is -0.507 e. The third-order valence-corrected chi connectivity index (χ3v) is 6.07. The number of para-hydroxylation sites is 2. The number of pyridine rings is 1. The standard InChI is InChI=1S/C31H19N4O.Pt/c32-20-21-17-26(22-9-8-10-23(19-22)27-14-6-7-16-33-27)30-28(18-21)35(24-11-2-1-3-12-24)31(34-30)25-13-4-5-15-29(25)36;/h1-18,36H;/q-1;. The molecule has 0 radical (unpaired) electrons. The summed E-state index contributed by atoms with van der Waals surface area (Å²) in [5.74, 6) is 0.724. The second-order valence-corrected chi connectivity index (χ2v) is 8.32. The Bertz CT molecular complexity index is 1760. The summed E-state index contributed by atoms with van der Waals surface area (Å²) in [7, 11) is 0. The van der Waals surface area contributed by atoms with Crippen LogP contribution in [0, 0.1) is 17.4 Å². The number of rotatable bonds is 4. The Morgan fingerprint density at radius 1 is 0.784 bits per heavy atom. The van der Waals surface area contributed by atoms with E-state index in [1.165, 1.54) is 0 Å². The molecule has 180 valence electrons. The van der Waals surface area contributed by atoms with Crippen molar-refractivity contribution in [2.45, 2.75) is 0 Å². The van der Waals surface area contributed by atoms with Crippen LogP contribution in [0.15, 0.2) is 109 Å². The van der Waals surface area contributed by atoms with Gasteiger partial charge in [-0.25, -0.2) is 4.98 Å². The van der Waals surface area contributed by atoms with Gasteiger partial charge in [0.2, 0.25) is 0 Å². The monoisotopic (exact) mass is 658 g/mol. The minimum absolute atomic E-state index is 0. The topological polar surface area (TPSA) is 74.7 Å². The Kier molecular flexibility index (Phi) is 6.68. The third kappa shape index (κ3) is 4.44. The Hall–Kier alpha value is -4.52. The number of fused-ring (bicyclic) bond motifs is 1. The zero-order chi connectivity index (χ0) is 24.5. The number of phenolic OH excluding ortho intramolecular Hbond substituents is 1. The van der Waals surface area contributed by atoms with E-state index in [0.717, 1.165) is 33.6 Å². The predicted octanol–water partition coefficient (Wildman–Crippen LogP) is 6.80. The average Bonchev–Trinajstić information content (AvgIpc) is 3.33. The minimum atomic E-state index is 0. The van der Waals surface area contributed by atoms with Gasteiger partial charge in [-0.3, -0.25) is 9.55 Å². The molecule has 0 fully saturated rings. The van der Waals surface area contributed by atoms with Crippen LogP contribution in [0.4, 0.5) is 0 Å². The molecule has 0 bridgehead atoms. The van der Waals surface area contributed by atoms with E-state index in [1.807, 2.05) is 95.6 Å². The fraction of sp³-hybridized carbons (Fsp3) is 0. The number of aromatic hydroxyl groups is 1. The molecule has 0 saturated heterocycles. The molecule has 37 heavy (non-hydrogen) atoms. The van der Waals surface area contributed by atoms with Crippen molar-refractivity contribution in [3.05, 3.63) is 121 Å². The van der Waals surface area contributed by atoms with Crippen LogP contribution < -0.4 is 0 Å². The van der Waals surface area contributed by atoms with Gasteiger partial charge in [0.05, 0.1) is 22.7 Å². The van der Waals surface area contributed by atoms with Gasteiger partial charge in [0.15, 0.2) is 0 Å². The largest absolute Gasteiger partial charge is 0.507 e. The van der Waals surface area contributed by atoms with E-state index in [0.29, 0.717) is 22.5 Å². The van der Waals surface area contributed by atoms with Gasteiger partial charge in [0.1, 0.15) is 11.6 Å². The van der Waals surface area contributed by atoms with Crippen LogP contribution in [-0.4, -0.2) is 19.6 Å². The van der Waals surface area contributed by atoms with E-state index in [-0.39, 0.29) is 26.8 Å². The molecule has 5 nitrogen and oxygen atoms in total. The SMILES string of the molecule is N#Cc1cc(-c2[c-]c(-c3ccccn3)ccc2)c2nc(-c3ccccc3O)n(-c3ccccc3)c2c1.[Pt]. The molecular weight excluding hydrogens is 639 g/mol. The van der Waals surface area contributed by atoms with E-state index in [4.69, 9.17) is 4.98 Å². The molecule has 2 aromatic heterocycles. The normalized spacial score (nSPS) is 10.6. The van der Waals surface area contributed by atoms with Crippen LogP contribution in [0.2, 0.25) is 0 Å². The molecule has 2 heterocycles. The first kappa shape index (κ1) is 24.2. The Morgan fingerprint density at radius 3 is 2.30 bits per heavy atom. The summed E-state index contributed by atoms with van der Waals surface area (Å²) in [6, 6.07) is 38.1. The first-order chi connectivity index (χ1) is 17.7. The second-order valence-electron chi connectivity index (χ2n) is 8.32. The zero-order valence-electron chi connectivity index (χ0n) is 19.4. The molecule has 0 saturated carbocycles. The van der Waals surface area contributed by atoms with Crippen molar-refractivity contribution in [2.75, 3.05) is 0 Å². The van der Waals surface area contributed by atoms with Crippen LogP contribution in [0.3, 0.4) is 0 Å². The van der Waals surface area contributed by atoms with Crippen molar-refractivity contribution < 1.29 is 26.2 Å². The van der Waals surface area contributed by atoms with Crippen molar-refractivity contribution in [3.8, 4) is 51.3 Å². The molecule has 0 spiro atoms. The van der Waals surface area contributed by atoms with Crippen molar-refractivity contribution in [1.29, 1.82) is 5.26 Å². The predicted molar refractivity (Wildman–Crippen MR) is 140 cm³/mol. The fourth-order valence-corrected chi connectivity index (χ4v) is 4.43. The molecule has 0 aliphatic carbocycles. The van der Waals surface area contributed by atoms with Crippen LogP contribution in [0.5, 0.6) is 5.75 Å². The molecule has 0 amide bonds. The molecular formula is C31H19N4OPt-. The summed E-state index contributed by atoms with van der Waals surface area (Å²) in [5, 5.41) is 20.6. The van der Waals surface area contributed by atoms with Crippen molar-refractivity contribution in [2.24, 2.45) is 0 Å². The molecule has 6 aromatic rings. The van der Waals surface area contributed by atoms with Gasteiger partial charge in [-0.15, -0.1) is 29.8 Å². The number of hydrogen-bond donors (Lipinski definition) is 1. The molecule has 6 rings (SSSR count). The Labute approximate surface area is 228 Å². The maximum atomic E-state index is 10.7. The summed E-state index contributed by atoms with van der Waals surface area (Å²) in [5.41, 5.74) is 6.74. The van der Waals surface area contributed by atoms with E-state index < -0.39 is 0 Å². The molecule has 0 aliphatic heterocycles. The maximum Gasteiger partial charge on any atom is 0.148 e. The van der Waals surface area contributed by atoms with Crippen LogP contribution in [0.1, 0.15) is 5.56 Å². The molecule has 0 atom stereocenters. The zero-order valence-corrected chi connectivity index (χ0v) is 21.7. The van der Waals surface area contributed by atoms with Crippen LogP contribution in [0.25, 0.3) is 50.5 Å². The van der Waals surface area contributed by atoms with E-state index in [9.17, 15) is 10.4 Å². The van der Waals surface area contributed by atoms with Crippen molar-refractivity contribution >= 4 is 11.0 Å². The quantitative estimate of drug-likeness (QED) is 0.212. The van der Waals surface area contributed by atoms with Gasteiger partial charge in [-0.1, -0.05) is 59.7 Å². The van der Waals surface area contributed by atoms with E-state index in [2.05, 4.69) is 17.1 Å². The number of nitriles is 1. The molecule has 0 unspecified atom stereocenters. The summed E-state index contributed by atoms with van der Waals surface area (Å²) in [4.78, 5) is 9.49. The molecule has 0 aliphatic rings. The molecule has 6 heteroatoms. The van der Waals surface area contributed by atoms with Crippen LogP contribution >= 0.6 is 0 Å². The molecule has 1 N–H and O–H groups in total. The second kappa shape index (κ2) is 10.2. The average molecular weight is 659 g/mol. The summed E-state index contributed by atoms with van der Waals surface area (Å²) >= 11 is 0. The Balaban J connectivity index is 0.00000280.